The van der Waals surface area contributed by atoms with Gasteiger partial charge in [0.05, 0.1) is 15.9 Å². The van der Waals surface area contributed by atoms with Crippen LogP contribution in [0.25, 0.3) is 11.0 Å². The fourth-order valence-electron chi connectivity index (χ4n) is 3.13. The second-order valence-corrected chi connectivity index (χ2v) is 8.84. The molecule has 6 nitrogen and oxygen atoms in total. The maximum Gasteiger partial charge on any atom is 0.267 e. The van der Waals surface area contributed by atoms with E-state index < -0.39 is 10.0 Å². The lowest BCUT2D eigenvalue weighted by atomic mass is 10.2. The third-order valence-electron chi connectivity index (χ3n) is 4.83. The highest BCUT2D eigenvalue weighted by Gasteiger charge is 2.39. The normalized spacial score (nSPS) is 15.2. The van der Waals surface area contributed by atoms with E-state index in [0.29, 0.717) is 22.2 Å². The number of nitrogens with zero attached hydrogens (tertiary/aromatic N) is 4. The molecule has 1 aliphatic heterocycles. The van der Waals surface area contributed by atoms with Gasteiger partial charge in [-0.1, -0.05) is 36.7 Å². The van der Waals surface area contributed by atoms with Crippen molar-refractivity contribution in [2.45, 2.75) is 31.2 Å². The average molecular weight is 403 g/mol. The van der Waals surface area contributed by atoms with Crippen LogP contribution in [0.2, 0.25) is 5.02 Å². The van der Waals surface area contributed by atoms with E-state index >= 15 is 0 Å². The minimum absolute atomic E-state index is 0.124. The number of para-hydroxylation sites is 2. The van der Waals surface area contributed by atoms with E-state index in [9.17, 15) is 8.42 Å². The van der Waals surface area contributed by atoms with Gasteiger partial charge in [0, 0.05) is 11.1 Å². The molecule has 0 fully saturated rings. The Bertz CT molecular complexity index is 1120. The lowest BCUT2D eigenvalue weighted by Crippen LogP contribution is -2.39. The molecule has 3 aromatic rings. The average Bonchev–Trinajstić information content (AvgIpc) is 3.04. The van der Waals surface area contributed by atoms with Gasteiger partial charge in [-0.3, -0.25) is 0 Å². The first-order valence-corrected chi connectivity index (χ1v) is 10.6. The predicted octanol–water partition coefficient (Wildman–Crippen LogP) is 4.05. The Kier molecular flexibility index (Phi) is 4.44. The van der Waals surface area contributed by atoms with Gasteiger partial charge in [-0.05, 0) is 43.7 Å². The molecule has 1 aliphatic rings. The van der Waals surface area contributed by atoms with Crippen LogP contribution in [0.5, 0.6) is 0 Å². The maximum absolute atomic E-state index is 13.3. The summed E-state index contributed by atoms with van der Waals surface area (Å²) in [5, 5.41) is 0.374. The highest BCUT2D eigenvalue weighted by atomic mass is 35.5. The number of halogens is 1. The van der Waals surface area contributed by atoms with Gasteiger partial charge in [0.2, 0.25) is 0 Å². The van der Waals surface area contributed by atoms with Crippen LogP contribution in [0.15, 0.2) is 53.4 Å². The van der Waals surface area contributed by atoms with Crippen LogP contribution in [-0.4, -0.2) is 31.1 Å². The van der Waals surface area contributed by atoms with Crippen molar-refractivity contribution < 1.29 is 8.42 Å². The van der Waals surface area contributed by atoms with Gasteiger partial charge < -0.3 is 4.90 Å². The van der Waals surface area contributed by atoms with Gasteiger partial charge in [-0.2, -0.15) is 0 Å². The standard InChI is InChI=1S/C19H19ClN4O2S/c1-3-13(2)23-12-24(27(25,26)15-8-6-7-14(20)11-15)19-18(23)21-16-9-4-5-10-17(16)22-19/h4-11,13H,3,12H2,1-2H3. The molecule has 4 rings (SSSR count). The van der Waals surface area contributed by atoms with Crippen molar-refractivity contribution in [1.82, 2.24) is 9.97 Å². The molecule has 0 N–H and O–H groups in total. The van der Waals surface area contributed by atoms with E-state index in [1.165, 1.54) is 10.4 Å². The summed E-state index contributed by atoms with van der Waals surface area (Å²) in [5.41, 5.74) is 1.40. The van der Waals surface area contributed by atoms with E-state index in [1.54, 1.807) is 18.2 Å². The first kappa shape index (κ1) is 18.0. The van der Waals surface area contributed by atoms with Gasteiger partial charge in [0.25, 0.3) is 10.0 Å². The van der Waals surface area contributed by atoms with Crippen LogP contribution in [0.1, 0.15) is 20.3 Å². The minimum Gasteiger partial charge on any atom is -0.332 e. The Morgan fingerprint density at radius 3 is 2.37 bits per heavy atom. The second-order valence-electron chi connectivity index (χ2n) is 6.54. The maximum atomic E-state index is 13.3. The van der Waals surface area contributed by atoms with E-state index in [4.69, 9.17) is 16.6 Å². The fraction of sp³-hybridized carbons (Fsp3) is 0.263. The van der Waals surface area contributed by atoms with Crippen molar-refractivity contribution in [2.75, 3.05) is 15.9 Å². The van der Waals surface area contributed by atoms with Crippen molar-refractivity contribution in [2.24, 2.45) is 0 Å². The van der Waals surface area contributed by atoms with Crippen LogP contribution in [-0.2, 0) is 10.0 Å². The number of rotatable bonds is 4. The SMILES string of the molecule is CCC(C)N1CN(S(=O)(=O)c2cccc(Cl)c2)c2nc3ccccc3nc21. The number of hydrogen-bond donors (Lipinski definition) is 0. The van der Waals surface area contributed by atoms with E-state index in [2.05, 4.69) is 18.8 Å². The summed E-state index contributed by atoms with van der Waals surface area (Å²) < 4.78 is 27.9. The van der Waals surface area contributed by atoms with Gasteiger partial charge in [0.15, 0.2) is 11.6 Å². The van der Waals surface area contributed by atoms with Crippen molar-refractivity contribution in [3.05, 3.63) is 53.6 Å². The summed E-state index contributed by atoms with van der Waals surface area (Å²) in [5.74, 6) is 0.947. The monoisotopic (exact) mass is 402 g/mol. The summed E-state index contributed by atoms with van der Waals surface area (Å²) in [6, 6.07) is 13.9. The number of sulfonamides is 1. The topological polar surface area (TPSA) is 66.4 Å². The Labute approximate surface area is 163 Å². The van der Waals surface area contributed by atoms with Crippen LogP contribution >= 0.6 is 11.6 Å². The van der Waals surface area contributed by atoms with Crippen LogP contribution < -0.4 is 9.21 Å². The minimum atomic E-state index is -3.81. The third kappa shape index (κ3) is 3.00. The number of aromatic nitrogens is 2. The first-order valence-electron chi connectivity index (χ1n) is 8.73. The van der Waals surface area contributed by atoms with Crippen molar-refractivity contribution in [3.8, 4) is 0 Å². The molecule has 27 heavy (non-hydrogen) atoms. The molecule has 0 aliphatic carbocycles. The largest absolute Gasteiger partial charge is 0.332 e. The highest BCUT2D eigenvalue weighted by Crippen LogP contribution is 2.39. The number of fused-ring (bicyclic) bond motifs is 2. The second kappa shape index (κ2) is 6.65. The van der Waals surface area contributed by atoms with Crippen LogP contribution in [0, 0.1) is 0 Å². The number of benzene rings is 2. The molecule has 0 amide bonds. The van der Waals surface area contributed by atoms with E-state index in [-0.39, 0.29) is 17.6 Å². The molecule has 2 aromatic carbocycles. The van der Waals surface area contributed by atoms with Crippen LogP contribution in [0.3, 0.4) is 0 Å². The van der Waals surface area contributed by atoms with Crippen molar-refractivity contribution >= 4 is 44.3 Å². The van der Waals surface area contributed by atoms with Crippen LogP contribution in [0.4, 0.5) is 11.6 Å². The van der Waals surface area contributed by atoms with Gasteiger partial charge in [-0.25, -0.2) is 22.7 Å². The number of hydrogen-bond acceptors (Lipinski definition) is 5. The van der Waals surface area contributed by atoms with E-state index in [1.807, 2.05) is 29.2 Å². The van der Waals surface area contributed by atoms with Crippen molar-refractivity contribution in [3.63, 3.8) is 0 Å². The quantitative estimate of drug-likeness (QED) is 0.658. The lowest BCUT2D eigenvalue weighted by Gasteiger charge is -2.25. The molecule has 0 radical (unpaired) electrons. The molecule has 1 atom stereocenters. The molecule has 2 heterocycles. The summed E-state index contributed by atoms with van der Waals surface area (Å²) in [4.78, 5) is 11.5. The summed E-state index contributed by atoms with van der Waals surface area (Å²) in [6.45, 7) is 4.29. The predicted molar refractivity (Wildman–Crippen MR) is 108 cm³/mol. The molecule has 0 bridgehead atoms. The zero-order valence-corrected chi connectivity index (χ0v) is 16.6. The lowest BCUT2D eigenvalue weighted by molar-refractivity contribution is 0.584. The van der Waals surface area contributed by atoms with E-state index in [0.717, 1.165) is 11.9 Å². The molecule has 1 aromatic heterocycles. The summed E-state index contributed by atoms with van der Waals surface area (Å²) in [7, 11) is -3.81. The Morgan fingerprint density at radius 1 is 1.07 bits per heavy atom. The molecule has 8 heteroatoms. The highest BCUT2D eigenvalue weighted by molar-refractivity contribution is 7.92. The molecule has 1 unspecified atom stereocenters. The fourth-order valence-corrected chi connectivity index (χ4v) is 4.79. The Morgan fingerprint density at radius 2 is 1.74 bits per heavy atom. The summed E-state index contributed by atoms with van der Waals surface area (Å²) >= 11 is 6.02. The third-order valence-corrected chi connectivity index (χ3v) is 6.78. The zero-order chi connectivity index (χ0) is 19.2. The van der Waals surface area contributed by atoms with Gasteiger partial charge in [0.1, 0.15) is 6.67 Å². The van der Waals surface area contributed by atoms with Crippen molar-refractivity contribution in [1.29, 1.82) is 0 Å². The van der Waals surface area contributed by atoms with Gasteiger partial charge in [-0.15, -0.1) is 0 Å². The first-order chi connectivity index (χ1) is 12.9. The van der Waals surface area contributed by atoms with Gasteiger partial charge >= 0.3 is 0 Å². The molecular weight excluding hydrogens is 384 g/mol. The Hall–Kier alpha value is -2.38. The number of anilines is 2. The molecular formula is C19H19ClN4O2S. The smallest absolute Gasteiger partial charge is 0.267 e. The molecule has 0 spiro atoms. The summed E-state index contributed by atoms with van der Waals surface area (Å²) in [6.07, 6.45) is 0.860. The molecule has 0 saturated heterocycles. The Balaban J connectivity index is 1.90. The molecule has 0 saturated carbocycles. The molecule has 140 valence electrons. The zero-order valence-electron chi connectivity index (χ0n) is 15.0.